The highest BCUT2D eigenvalue weighted by Gasteiger charge is 2.44. The van der Waals surface area contributed by atoms with Gasteiger partial charge in [0.05, 0.1) is 0 Å². The van der Waals surface area contributed by atoms with Gasteiger partial charge in [0, 0.05) is 19.8 Å². The fourth-order valence-corrected chi connectivity index (χ4v) is 8.07. The van der Waals surface area contributed by atoms with Gasteiger partial charge in [-0.2, -0.15) is 0 Å². The van der Waals surface area contributed by atoms with Gasteiger partial charge in [-0.25, -0.2) is 0 Å². The van der Waals surface area contributed by atoms with Crippen molar-refractivity contribution in [2.45, 2.75) is 59.7 Å². The Morgan fingerprint density at radius 1 is 0.579 bits per heavy atom. The molecule has 0 atom stereocenters. The highest BCUT2D eigenvalue weighted by atomic mass is 28.4. The molecule has 0 fully saturated rings. The Morgan fingerprint density at radius 3 is 1.21 bits per heavy atom. The number of hydrogen-bond acceptors (Lipinski definition) is 4. The summed E-state index contributed by atoms with van der Waals surface area (Å²) in [5, 5.41) is 0. The van der Waals surface area contributed by atoms with E-state index in [2.05, 4.69) is 20.8 Å². The fourth-order valence-electron chi connectivity index (χ4n) is 2.21. The molecule has 0 aliphatic heterocycles. The van der Waals surface area contributed by atoms with E-state index in [1.807, 2.05) is 20.8 Å². The second kappa shape index (κ2) is 10.1. The molecule has 0 aromatic heterocycles. The normalized spacial score (nSPS) is 12.9. The van der Waals surface area contributed by atoms with Crippen LogP contribution < -0.4 is 0 Å². The molecule has 116 valence electrons. The van der Waals surface area contributed by atoms with Gasteiger partial charge in [-0.15, -0.1) is 0 Å². The summed E-state index contributed by atoms with van der Waals surface area (Å²) < 4.78 is 23.8. The van der Waals surface area contributed by atoms with Crippen LogP contribution in [-0.2, 0) is 17.7 Å². The van der Waals surface area contributed by atoms with Crippen LogP contribution in [0.25, 0.3) is 0 Å². The molecule has 0 aliphatic rings. The lowest BCUT2D eigenvalue weighted by Crippen LogP contribution is -2.54. The first-order valence-electron chi connectivity index (χ1n) is 7.63. The van der Waals surface area contributed by atoms with E-state index in [-0.39, 0.29) is 0 Å². The SMILES string of the molecule is CCO[Si](CO[Si](CC)(CC)CC)(OCC)OCC. The Hall–Kier alpha value is 0.274. The van der Waals surface area contributed by atoms with Gasteiger partial charge in [-0.05, 0) is 38.9 Å². The third-order valence-corrected chi connectivity index (χ3v) is 11.2. The summed E-state index contributed by atoms with van der Waals surface area (Å²) in [5.74, 6) is 0. The van der Waals surface area contributed by atoms with Gasteiger partial charge in [0.1, 0.15) is 6.23 Å². The van der Waals surface area contributed by atoms with Crippen molar-refractivity contribution >= 4 is 17.1 Å². The van der Waals surface area contributed by atoms with E-state index in [1.165, 1.54) is 0 Å². The minimum Gasteiger partial charge on any atom is -0.412 e. The van der Waals surface area contributed by atoms with Crippen molar-refractivity contribution in [3.05, 3.63) is 0 Å². The van der Waals surface area contributed by atoms with Crippen molar-refractivity contribution in [1.82, 2.24) is 0 Å². The molecule has 6 heteroatoms. The lowest BCUT2D eigenvalue weighted by Gasteiger charge is -2.34. The van der Waals surface area contributed by atoms with Crippen LogP contribution in [0, 0.1) is 0 Å². The van der Waals surface area contributed by atoms with E-state index in [1.54, 1.807) is 0 Å². The van der Waals surface area contributed by atoms with Crippen molar-refractivity contribution in [2.75, 3.05) is 26.1 Å². The number of hydrogen-bond donors (Lipinski definition) is 0. The Labute approximate surface area is 121 Å². The molecule has 0 heterocycles. The second-order valence-corrected chi connectivity index (χ2v) is 11.8. The first kappa shape index (κ1) is 19.3. The summed E-state index contributed by atoms with van der Waals surface area (Å²) in [5.41, 5.74) is 0. The molecule has 0 rings (SSSR count). The Balaban J connectivity index is 4.78. The molecule has 0 aromatic rings. The zero-order chi connectivity index (χ0) is 14.8. The van der Waals surface area contributed by atoms with Gasteiger partial charge in [0.15, 0.2) is 8.32 Å². The molecule has 0 radical (unpaired) electrons. The Morgan fingerprint density at radius 2 is 0.947 bits per heavy atom. The van der Waals surface area contributed by atoms with Crippen molar-refractivity contribution in [3.63, 3.8) is 0 Å². The van der Waals surface area contributed by atoms with Crippen LogP contribution in [0.5, 0.6) is 0 Å². The molecule has 19 heavy (non-hydrogen) atoms. The second-order valence-electron chi connectivity index (χ2n) is 4.51. The largest absolute Gasteiger partial charge is 0.526 e. The van der Waals surface area contributed by atoms with Crippen LogP contribution in [-0.4, -0.2) is 43.2 Å². The van der Waals surface area contributed by atoms with Gasteiger partial charge < -0.3 is 17.7 Å². The highest BCUT2D eigenvalue weighted by Crippen LogP contribution is 2.24. The maximum atomic E-state index is 6.33. The standard InChI is InChI=1S/C13H32O4Si2/c1-7-14-19(15-8-2,16-9-3)13-17-18(10-4,11-5)12-6/h7-13H2,1-6H3. The zero-order valence-electron chi connectivity index (χ0n) is 13.6. The van der Waals surface area contributed by atoms with Crippen LogP contribution in [0.15, 0.2) is 0 Å². The summed E-state index contributed by atoms with van der Waals surface area (Å²) in [6, 6.07) is 3.40. The molecular formula is C13H32O4Si2. The van der Waals surface area contributed by atoms with Gasteiger partial charge in [-0.1, -0.05) is 20.8 Å². The minimum atomic E-state index is -2.64. The summed E-state index contributed by atoms with van der Waals surface area (Å²) in [4.78, 5) is 0. The summed E-state index contributed by atoms with van der Waals surface area (Å²) in [7, 11) is -4.26. The van der Waals surface area contributed by atoms with Crippen molar-refractivity contribution in [2.24, 2.45) is 0 Å². The molecule has 0 saturated heterocycles. The molecule has 0 spiro atoms. The molecule has 0 aromatic carbocycles. The van der Waals surface area contributed by atoms with E-state index >= 15 is 0 Å². The Bertz CT molecular complexity index is 197. The average Bonchev–Trinajstić information content (AvgIpc) is 2.42. The molecule has 0 bridgehead atoms. The smallest absolute Gasteiger partial charge is 0.412 e. The lowest BCUT2D eigenvalue weighted by molar-refractivity contribution is 0.0524. The molecule has 0 N–H and O–H groups in total. The van der Waals surface area contributed by atoms with Gasteiger partial charge in [-0.3, -0.25) is 0 Å². The molecule has 0 amide bonds. The van der Waals surface area contributed by atoms with Gasteiger partial charge in [0.2, 0.25) is 0 Å². The van der Waals surface area contributed by atoms with Crippen molar-refractivity contribution in [1.29, 1.82) is 0 Å². The average molecular weight is 309 g/mol. The van der Waals surface area contributed by atoms with Crippen LogP contribution in [0.4, 0.5) is 0 Å². The van der Waals surface area contributed by atoms with Crippen LogP contribution >= 0.6 is 0 Å². The third kappa shape index (κ3) is 6.05. The molecule has 0 unspecified atom stereocenters. The van der Waals surface area contributed by atoms with Crippen LogP contribution in [0.1, 0.15) is 41.5 Å². The fraction of sp³-hybridized carbons (Fsp3) is 1.00. The maximum absolute atomic E-state index is 6.33. The van der Waals surface area contributed by atoms with Crippen LogP contribution in [0.2, 0.25) is 18.1 Å². The predicted octanol–water partition coefficient (Wildman–Crippen LogP) is 3.60. The molecule has 0 saturated carbocycles. The lowest BCUT2D eigenvalue weighted by atomic mass is 10.9. The van der Waals surface area contributed by atoms with Crippen molar-refractivity contribution in [3.8, 4) is 0 Å². The van der Waals surface area contributed by atoms with E-state index in [0.29, 0.717) is 26.1 Å². The summed E-state index contributed by atoms with van der Waals surface area (Å²) in [6.45, 7) is 14.4. The third-order valence-electron chi connectivity index (χ3n) is 3.58. The zero-order valence-corrected chi connectivity index (χ0v) is 15.6. The molecular weight excluding hydrogens is 276 g/mol. The van der Waals surface area contributed by atoms with E-state index in [9.17, 15) is 0 Å². The van der Waals surface area contributed by atoms with Crippen molar-refractivity contribution < 1.29 is 17.7 Å². The quantitative estimate of drug-likeness (QED) is 0.516. The molecule has 4 nitrogen and oxygen atoms in total. The van der Waals surface area contributed by atoms with E-state index < -0.39 is 17.1 Å². The Kier molecular flexibility index (Phi) is 10.2. The minimum absolute atomic E-state index is 0.504. The van der Waals surface area contributed by atoms with Crippen LogP contribution in [0.3, 0.4) is 0 Å². The first-order valence-corrected chi connectivity index (χ1v) is 12.1. The highest BCUT2D eigenvalue weighted by molar-refractivity contribution is 6.74. The topological polar surface area (TPSA) is 36.9 Å². The van der Waals surface area contributed by atoms with E-state index in [0.717, 1.165) is 18.1 Å². The monoisotopic (exact) mass is 308 g/mol. The first-order chi connectivity index (χ1) is 9.07. The maximum Gasteiger partial charge on any atom is 0.526 e. The summed E-state index contributed by atoms with van der Waals surface area (Å²) >= 11 is 0. The van der Waals surface area contributed by atoms with E-state index in [4.69, 9.17) is 17.7 Å². The molecule has 0 aliphatic carbocycles. The summed E-state index contributed by atoms with van der Waals surface area (Å²) in [6.07, 6.45) is 0.504. The van der Waals surface area contributed by atoms with Gasteiger partial charge in [0.25, 0.3) is 0 Å². The predicted molar refractivity (Wildman–Crippen MR) is 83.8 cm³/mol. The number of rotatable bonds is 12. The van der Waals surface area contributed by atoms with Gasteiger partial charge >= 0.3 is 8.80 Å².